The summed E-state index contributed by atoms with van der Waals surface area (Å²) in [5.41, 5.74) is 18.7. The van der Waals surface area contributed by atoms with Crippen molar-refractivity contribution in [2.24, 2.45) is 10.7 Å². The first kappa shape index (κ1) is 18.8. The van der Waals surface area contributed by atoms with Gasteiger partial charge in [0.05, 0.1) is 0 Å². The summed E-state index contributed by atoms with van der Waals surface area (Å²) in [5, 5.41) is 0. The number of halogens is 2. The van der Waals surface area contributed by atoms with E-state index in [0.717, 1.165) is 18.2 Å². The molecule has 0 bridgehead atoms. The van der Waals surface area contributed by atoms with E-state index in [0.29, 0.717) is 5.69 Å². The molecule has 8 heteroatoms. The first-order chi connectivity index (χ1) is 13.3. The third-order valence-corrected chi connectivity index (χ3v) is 3.73. The highest BCUT2D eigenvalue weighted by atomic mass is 19.1. The van der Waals surface area contributed by atoms with Crippen LogP contribution in [0.5, 0.6) is 11.5 Å². The maximum atomic E-state index is 13.3. The SMILES string of the molecule is NC(=NC(=O)c1cccc(N)c1)c1cc(Oc2cc(F)cc(F)c2)ccc1N. The second-order valence-electron chi connectivity index (χ2n) is 5.88. The summed E-state index contributed by atoms with van der Waals surface area (Å²) < 4.78 is 32.1. The molecule has 3 aromatic carbocycles. The van der Waals surface area contributed by atoms with Crippen LogP contribution in [-0.2, 0) is 0 Å². The van der Waals surface area contributed by atoms with Gasteiger partial charge in [0.1, 0.15) is 29.0 Å². The molecule has 6 N–H and O–H groups in total. The largest absolute Gasteiger partial charge is 0.457 e. The lowest BCUT2D eigenvalue weighted by Gasteiger charge is -2.10. The van der Waals surface area contributed by atoms with Crippen molar-refractivity contribution in [2.45, 2.75) is 0 Å². The predicted molar refractivity (Wildman–Crippen MR) is 103 cm³/mol. The van der Waals surface area contributed by atoms with Crippen LogP contribution in [0.1, 0.15) is 15.9 Å². The zero-order valence-electron chi connectivity index (χ0n) is 14.5. The zero-order chi connectivity index (χ0) is 20.3. The lowest BCUT2D eigenvalue weighted by Crippen LogP contribution is -2.18. The van der Waals surface area contributed by atoms with Gasteiger partial charge in [0.25, 0.3) is 5.91 Å². The predicted octanol–water partition coefficient (Wildman–Crippen LogP) is 3.47. The Labute approximate surface area is 159 Å². The lowest BCUT2D eigenvalue weighted by molar-refractivity contribution is 0.100. The number of carbonyl (C=O) groups excluding carboxylic acids is 1. The van der Waals surface area contributed by atoms with Crippen LogP contribution in [-0.4, -0.2) is 11.7 Å². The van der Waals surface area contributed by atoms with Crippen molar-refractivity contribution in [3.63, 3.8) is 0 Å². The Morgan fingerprint density at radius 1 is 0.893 bits per heavy atom. The Bertz CT molecular complexity index is 1060. The second-order valence-corrected chi connectivity index (χ2v) is 5.88. The first-order valence-corrected chi connectivity index (χ1v) is 8.10. The molecule has 0 spiro atoms. The first-order valence-electron chi connectivity index (χ1n) is 8.10. The number of ether oxygens (including phenoxy) is 1. The fourth-order valence-electron chi connectivity index (χ4n) is 2.45. The number of nitrogens with zero attached hydrogens (tertiary/aromatic N) is 1. The molecule has 0 atom stereocenters. The fraction of sp³-hybridized carbons (Fsp3) is 0. The Kier molecular flexibility index (Phi) is 5.21. The van der Waals surface area contributed by atoms with Gasteiger partial charge in [0.2, 0.25) is 0 Å². The molecule has 0 saturated heterocycles. The Morgan fingerprint density at radius 2 is 1.61 bits per heavy atom. The molecule has 0 radical (unpaired) electrons. The van der Waals surface area contributed by atoms with E-state index in [-0.39, 0.29) is 34.1 Å². The molecule has 0 heterocycles. The topological polar surface area (TPSA) is 117 Å². The number of hydrogen-bond donors (Lipinski definition) is 3. The molecular formula is C20H16F2N4O2. The Balaban J connectivity index is 1.89. The molecule has 1 amide bonds. The summed E-state index contributed by atoms with van der Waals surface area (Å²) in [7, 11) is 0. The van der Waals surface area contributed by atoms with E-state index in [1.807, 2.05) is 0 Å². The van der Waals surface area contributed by atoms with Crippen molar-refractivity contribution in [3.8, 4) is 11.5 Å². The van der Waals surface area contributed by atoms with Crippen molar-refractivity contribution in [2.75, 3.05) is 11.5 Å². The van der Waals surface area contributed by atoms with Crippen LogP contribution >= 0.6 is 0 Å². The summed E-state index contributed by atoms with van der Waals surface area (Å²) in [5.74, 6) is -2.12. The van der Waals surface area contributed by atoms with Crippen LogP contribution in [0.25, 0.3) is 0 Å². The lowest BCUT2D eigenvalue weighted by atomic mass is 10.1. The molecule has 0 aliphatic rings. The van der Waals surface area contributed by atoms with E-state index in [1.165, 1.54) is 24.3 Å². The number of nitrogens with two attached hydrogens (primary N) is 3. The highest BCUT2D eigenvalue weighted by Crippen LogP contribution is 2.26. The summed E-state index contributed by atoms with van der Waals surface area (Å²) in [6.45, 7) is 0. The number of anilines is 2. The smallest absolute Gasteiger partial charge is 0.279 e. The normalized spacial score (nSPS) is 11.3. The molecule has 0 aromatic heterocycles. The van der Waals surface area contributed by atoms with Gasteiger partial charge in [-0.3, -0.25) is 4.79 Å². The Hall–Kier alpha value is -3.94. The number of nitrogen functional groups attached to an aromatic ring is 2. The second kappa shape index (κ2) is 7.75. The molecule has 3 aromatic rings. The van der Waals surface area contributed by atoms with E-state index in [9.17, 15) is 13.6 Å². The molecule has 28 heavy (non-hydrogen) atoms. The molecule has 0 unspecified atom stereocenters. The minimum atomic E-state index is -0.778. The molecular weight excluding hydrogens is 366 g/mol. The fourth-order valence-corrected chi connectivity index (χ4v) is 2.45. The van der Waals surface area contributed by atoms with Crippen LogP contribution in [0.15, 0.2) is 65.7 Å². The summed E-state index contributed by atoms with van der Waals surface area (Å²) in [6.07, 6.45) is 0. The summed E-state index contributed by atoms with van der Waals surface area (Å²) >= 11 is 0. The number of aliphatic imine (C=N–C) groups is 1. The third-order valence-electron chi connectivity index (χ3n) is 3.73. The molecule has 3 rings (SSSR count). The highest BCUT2D eigenvalue weighted by Gasteiger charge is 2.11. The van der Waals surface area contributed by atoms with Gasteiger partial charge in [-0.05, 0) is 36.4 Å². The highest BCUT2D eigenvalue weighted by molar-refractivity contribution is 6.11. The van der Waals surface area contributed by atoms with Crippen molar-refractivity contribution in [1.29, 1.82) is 0 Å². The molecule has 0 fully saturated rings. The van der Waals surface area contributed by atoms with Gasteiger partial charge in [0.15, 0.2) is 0 Å². The Morgan fingerprint density at radius 3 is 2.29 bits per heavy atom. The molecule has 0 aliphatic carbocycles. The molecule has 142 valence electrons. The zero-order valence-corrected chi connectivity index (χ0v) is 14.5. The van der Waals surface area contributed by atoms with Crippen molar-refractivity contribution in [1.82, 2.24) is 0 Å². The molecule has 0 aliphatic heterocycles. The van der Waals surface area contributed by atoms with E-state index < -0.39 is 17.5 Å². The number of hydrogen-bond acceptors (Lipinski definition) is 4. The number of benzene rings is 3. The van der Waals surface area contributed by atoms with Crippen LogP contribution in [0.4, 0.5) is 20.2 Å². The third kappa shape index (κ3) is 4.42. The quantitative estimate of drug-likeness (QED) is 0.363. The van der Waals surface area contributed by atoms with E-state index in [2.05, 4.69) is 4.99 Å². The number of rotatable bonds is 4. The monoisotopic (exact) mass is 382 g/mol. The van der Waals surface area contributed by atoms with Gasteiger partial charge < -0.3 is 21.9 Å². The number of amidine groups is 1. The standard InChI is InChI=1S/C20H16F2N4O2/c21-12-7-13(22)9-16(8-12)28-15-4-5-18(24)17(10-15)19(25)26-20(27)11-2-1-3-14(23)6-11/h1-10H,23-24H2,(H2,25,26,27). The van der Waals surface area contributed by atoms with Crippen molar-refractivity contribution in [3.05, 3.63) is 83.4 Å². The minimum absolute atomic E-state index is 0.0421. The van der Waals surface area contributed by atoms with Crippen LogP contribution in [0.2, 0.25) is 0 Å². The average Bonchev–Trinajstić information content (AvgIpc) is 2.62. The van der Waals surface area contributed by atoms with E-state index in [1.54, 1.807) is 18.2 Å². The minimum Gasteiger partial charge on any atom is -0.457 e. The van der Waals surface area contributed by atoms with Gasteiger partial charge in [-0.15, -0.1) is 0 Å². The van der Waals surface area contributed by atoms with Gasteiger partial charge >= 0.3 is 0 Å². The average molecular weight is 382 g/mol. The maximum Gasteiger partial charge on any atom is 0.279 e. The van der Waals surface area contributed by atoms with Gasteiger partial charge in [-0.1, -0.05) is 6.07 Å². The van der Waals surface area contributed by atoms with Gasteiger partial charge in [0, 0.05) is 40.7 Å². The van der Waals surface area contributed by atoms with E-state index in [4.69, 9.17) is 21.9 Å². The molecule has 0 saturated carbocycles. The summed E-state index contributed by atoms with van der Waals surface area (Å²) in [6, 6.07) is 13.5. The van der Waals surface area contributed by atoms with Gasteiger partial charge in [-0.2, -0.15) is 4.99 Å². The van der Waals surface area contributed by atoms with Crippen molar-refractivity contribution < 1.29 is 18.3 Å². The number of amides is 1. The van der Waals surface area contributed by atoms with Gasteiger partial charge in [-0.25, -0.2) is 8.78 Å². The van der Waals surface area contributed by atoms with Crippen LogP contribution in [0, 0.1) is 11.6 Å². The van der Waals surface area contributed by atoms with Crippen LogP contribution in [0.3, 0.4) is 0 Å². The van der Waals surface area contributed by atoms with Crippen molar-refractivity contribution >= 4 is 23.1 Å². The van der Waals surface area contributed by atoms with E-state index >= 15 is 0 Å². The molecule has 6 nitrogen and oxygen atoms in total. The number of carbonyl (C=O) groups is 1. The summed E-state index contributed by atoms with van der Waals surface area (Å²) in [4.78, 5) is 16.1. The van der Waals surface area contributed by atoms with Crippen LogP contribution < -0.4 is 21.9 Å². The maximum absolute atomic E-state index is 13.3.